The molecule has 37 nitrogen and oxygen atoms in total. The zero-order chi connectivity index (χ0) is 94.9. The molecule has 0 saturated heterocycles. The molecule has 708 valence electrons. The van der Waals surface area contributed by atoms with Gasteiger partial charge in [0.25, 0.3) is 0 Å². The smallest absolute Gasteiger partial charge is 0.322 e. The highest BCUT2D eigenvalue weighted by Gasteiger charge is 2.47. The van der Waals surface area contributed by atoms with E-state index in [4.69, 9.17) is 80.5 Å². The summed E-state index contributed by atoms with van der Waals surface area (Å²) in [5.41, 5.74) is -7.42. The van der Waals surface area contributed by atoms with Gasteiger partial charge < -0.3 is 107 Å². The highest BCUT2D eigenvalue weighted by atomic mass is 79.9. The van der Waals surface area contributed by atoms with Crippen molar-refractivity contribution in [2.24, 2.45) is 10.8 Å². The van der Waals surface area contributed by atoms with Crippen LogP contribution in [0.4, 0.5) is 0 Å². The third kappa shape index (κ3) is 53.0. The van der Waals surface area contributed by atoms with E-state index in [1.165, 1.54) is 125 Å². The van der Waals surface area contributed by atoms with E-state index < -0.39 is 282 Å². The van der Waals surface area contributed by atoms with Crippen LogP contribution in [0.1, 0.15) is 131 Å². The first-order chi connectivity index (χ1) is 56.2. The Balaban J connectivity index is 7.93. The van der Waals surface area contributed by atoms with E-state index in [0.717, 1.165) is 0 Å². The summed E-state index contributed by atoms with van der Waals surface area (Å²) in [5.74, 6) is -13.0. The topological polar surface area (TPSA) is 473 Å². The molecule has 0 rings (SSSR count). The van der Waals surface area contributed by atoms with Crippen LogP contribution in [0.3, 0.4) is 0 Å². The summed E-state index contributed by atoms with van der Waals surface area (Å²) in [6.45, 7) is 17.9. The standard InChI is InChI=1S/C77H120Br9N5O32/c1-20-21-107-22-23-108-24-25-109-26-27-110-28-29-111-40-75(37-87-51(93)32-112-31-50(92)30-74(41-115-56(98)65(2,3)78,42-116-57(99)66(4,5)79)43-117-58(100)67(6,7)80,38-88-52(94)33-113-35-54(96)90-76(44-118-59(101)68(8,9)81,45-119-60(102)69(10,11)82)46-120-61(103)70(12,13)83)39-89-53(95)34-114-36-55(97)91-77(47-121-62(104)71(14,15)84,48-122-63(105)72(16,17)85)49-123-64(106)73(18,19)86/h20H,1,21-49H2,2-19H3,(H,87,93)(H,88,94)(H,89,95)(H,90,96)(H,91,97). The van der Waals surface area contributed by atoms with Crippen LogP contribution in [0.5, 0.6) is 0 Å². The first-order valence-electron chi connectivity index (χ1n) is 38.1. The molecule has 0 aliphatic rings. The number of nitrogens with one attached hydrogen (secondary N) is 5. The number of carbonyl (C=O) groups excluding carboxylic acids is 15. The lowest BCUT2D eigenvalue weighted by Gasteiger charge is -2.35. The third-order valence-electron chi connectivity index (χ3n) is 15.7. The second kappa shape index (κ2) is 55.2. The van der Waals surface area contributed by atoms with Gasteiger partial charge in [-0.2, -0.15) is 0 Å². The molecule has 0 bridgehead atoms. The first-order valence-corrected chi connectivity index (χ1v) is 45.3. The van der Waals surface area contributed by atoms with E-state index in [1.807, 2.05) is 0 Å². The maximum Gasteiger partial charge on any atom is 0.322 e. The summed E-state index contributed by atoms with van der Waals surface area (Å²) in [7, 11) is 0. The van der Waals surface area contributed by atoms with Gasteiger partial charge in [0, 0.05) is 31.5 Å². The van der Waals surface area contributed by atoms with Gasteiger partial charge in [-0.1, -0.05) is 149 Å². The van der Waals surface area contributed by atoms with Gasteiger partial charge in [-0.05, 0) is 125 Å². The molecule has 0 unspecified atom stereocenters. The van der Waals surface area contributed by atoms with Crippen molar-refractivity contribution in [1.29, 1.82) is 0 Å². The maximum absolute atomic E-state index is 14.1. The summed E-state index contributed by atoms with van der Waals surface area (Å²) >= 11 is 29.1. The average Bonchev–Trinajstić information content (AvgIpc) is 0.842. The predicted octanol–water partition coefficient (Wildman–Crippen LogP) is 6.75. The Morgan fingerprint density at radius 3 is 0.683 bits per heavy atom. The normalized spacial score (nSPS) is 12.8. The highest BCUT2D eigenvalue weighted by molar-refractivity contribution is 9.11. The van der Waals surface area contributed by atoms with Crippen LogP contribution in [0, 0.1) is 10.8 Å². The van der Waals surface area contributed by atoms with Crippen LogP contribution in [-0.4, -0.2) is 324 Å². The van der Waals surface area contributed by atoms with E-state index in [2.05, 4.69) is 177 Å². The number of hydrogen-bond donors (Lipinski definition) is 5. The van der Waals surface area contributed by atoms with Crippen molar-refractivity contribution in [1.82, 2.24) is 26.6 Å². The number of halogens is 9. The van der Waals surface area contributed by atoms with Gasteiger partial charge in [0.1, 0.15) is 149 Å². The first kappa shape index (κ1) is 119. The monoisotopic (exact) mass is 2340 g/mol. The van der Waals surface area contributed by atoms with Crippen molar-refractivity contribution < 1.29 is 152 Å². The van der Waals surface area contributed by atoms with Gasteiger partial charge in [-0.3, -0.25) is 71.9 Å². The Morgan fingerprint density at radius 2 is 0.455 bits per heavy atom. The van der Waals surface area contributed by atoms with Gasteiger partial charge in [0.05, 0.1) is 71.5 Å². The third-order valence-corrected chi connectivity index (χ3v) is 18.6. The molecule has 0 radical (unpaired) electrons. The van der Waals surface area contributed by atoms with Crippen LogP contribution in [-0.2, 0) is 152 Å². The fourth-order valence-electron chi connectivity index (χ4n) is 8.62. The van der Waals surface area contributed by atoms with E-state index in [1.54, 1.807) is 6.08 Å². The molecule has 0 aromatic heterocycles. The quantitative estimate of drug-likeness (QED) is 0.0138. The molecule has 0 spiro atoms. The number of alkyl halides is 9. The summed E-state index contributed by atoms with van der Waals surface area (Å²) < 4.78 is 83.9. The Morgan fingerprint density at radius 1 is 0.252 bits per heavy atom. The number of ether oxygens (including phenoxy) is 17. The van der Waals surface area contributed by atoms with Crippen molar-refractivity contribution >= 4 is 232 Å². The van der Waals surface area contributed by atoms with Crippen molar-refractivity contribution in [3.05, 3.63) is 12.7 Å². The minimum absolute atomic E-state index is 0.0699. The largest absolute Gasteiger partial charge is 0.464 e. The Hall–Kier alpha value is -4.01. The summed E-state index contributed by atoms with van der Waals surface area (Å²) in [6, 6.07) is 0. The number of rotatable bonds is 65. The fraction of sp³-hybridized carbons (Fsp3) is 0.779. The second-order valence-corrected chi connectivity index (χ2v) is 50.7. The molecule has 0 aliphatic carbocycles. The molecule has 5 amide bonds. The molecule has 0 aromatic carbocycles. The lowest BCUT2D eigenvalue weighted by molar-refractivity contribution is -0.167. The Bertz CT molecular complexity index is 2930. The van der Waals surface area contributed by atoms with Crippen LogP contribution >= 0.6 is 143 Å². The lowest BCUT2D eigenvalue weighted by Crippen LogP contribution is -2.61. The summed E-state index contributed by atoms with van der Waals surface area (Å²) in [6.07, 6.45) is 0.972. The molecule has 123 heavy (non-hydrogen) atoms. The lowest BCUT2D eigenvalue weighted by atomic mass is 9.85. The number of esters is 9. The number of ketones is 1. The van der Waals surface area contributed by atoms with E-state index in [-0.39, 0.29) is 39.6 Å². The molecule has 46 heteroatoms. The zero-order valence-corrected chi connectivity index (χ0v) is 87.0. The molecule has 0 heterocycles. The zero-order valence-electron chi connectivity index (χ0n) is 72.8. The van der Waals surface area contributed by atoms with Crippen LogP contribution in [0.15, 0.2) is 12.7 Å². The van der Waals surface area contributed by atoms with Crippen molar-refractivity contribution in [2.75, 3.05) is 185 Å². The van der Waals surface area contributed by atoms with Crippen molar-refractivity contribution in [3.8, 4) is 0 Å². The summed E-state index contributed by atoms with van der Waals surface area (Å²) in [4.78, 5) is 203. The molecule has 0 aliphatic heterocycles. The van der Waals surface area contributed by atoms with Crippen molar-refractivity contribution in [2.45, 2.75) is 181 Å². The van der Waals surface area contributed by atoms with E-state index >= 15 is 0 Å². The minimum Gasteiger partial charge on any atom is -0.464 e. The SMILES string of the molecule is C=CCOCCOCCOCCOCCOCC(CNC(=O)COCC(=O)CC(COC(=O)C(C)(C)Br)(COC(=O)C(C)(C)Br)COC(=O)C(C)(C)Br)(CNC(=O)COCC(=O)NC(COC(=O)C(C)(C)Br)(COC(=O)C(C)(C)Br)COC(=O)C(C)(C)Br)CNC(=O)COCC(=O)NC(COC(=O)C(C)(C)Br)(COC(=O)C(C)(C)Br)COC(=O)C(C)(C)Br. The van der Waals surface area contributed by atoms with Gasteiger partial charge in [0.15, 0.2) is 5.78 Å². The summed E-state index contributed by atoms with van der Waals surface area (Å²) in [5, 5.41) is 13.1. The molecular weight excluding hydrogens is 2230 g/mol. The highest BCUT2D eigenvalue weighted by Crippen LogP contribution is 2.32. The fourth-order valence-corrected chi connectivity index (χ4v) is 9.65. The molecule has 5 N–H and O–H groups in total. The molecule has 0 fully saturated rings. The van der Waals surface area contributed by atoms with Crippen LogP contribution in [0.2, 0.25) is 0 Å². The van der Waals surface area contributed by atoms with Crippen LogP contribution in [0.25, 0.3) is 0 Å². The average molecular weight is 2350 g/mol. The van der Waals surface area contributed by atoms with Crippen LogP contribution < -0.4 is 26.6 Å². The van der Waals surface area contributed by atoms with Gasteiger partial charge in [0.2, 0.25) is 29.5 Å². The molecule has 0 atom stereocenters. The molecule has 0 saturated carbocycles. The maximum atomic E-state index is 14.1. The number of amides is 5. The van der Waals surface area contributed by atoms with Gasteiger partial charge >= 0.3 is 53.7 Å². The number of carbonyl (C=O) groups is 15. The van der Waals surface area contributed by atoms with E-state index in [0.29, 0.717) is 19.8 Å². The van der Waals surface area contributed by atoms with E-state index in [9.17, 15) is 71.9 Å². The Kier molecular flexibility index (Phi) is 53.4. The minimum atomic E-state index is -2.00. The molecular formula is C77H120Br9N5O32. The number of hydrogen-bond acceptors (Lipinski definition) is 32. The van der Waals surface area contributed by atoms with Crippen molar-refractivity contribution in [3.63, 3.8) is 0 Å². The predicted molar refractivity (Wildman–Crippen MR) is 478 cm³/mol. The van der Waals surface area contributed by atoms with Gasteiger partial charge in [-0.25, -0.2) is 0 Å². The van der Waals surface area contributed by atoms with Gasteiger partial charge in [-0.15, -0.1) is 6.58 Å². The number of Topliss-reactive ketones (excluding diaryl/α,β-unsaturated/α-hetero) is 1. The second-order valence-electron chi connectivity index (χ2n) is 32.9. The molecule has 0 aromatic rings. The Labute approximate surface area is 794 Å².